The molecule has 1 aromatic rings. The molecule has 0 fully saturated rings. The topological polar surface area (TPSA) is 37.3 Å². The van der Waals surface area contributed by atoms with Gasteiger partial charge in [-0.25, -0.2) is 0 Å². The van der Waals surface area contributed by atoms with Crippen LogP contribution in [0.15, 0.2) is 35.6 Å². The van der Waals surface area contributed by atoms with E-state index in [1.165, 1.54) is 0 Å². The Bertz CT molecular complexity index is 374. The fourth-order valence-electron chi connectivity index (χ4n) is 1.27. The third-order valence-electron chi connectivity index (χ3n) is 2.08. The lowest BCUT2D eigenvalue weighted by Gasteiger charge is -2.12. The molecule has 1 rings (SSSR count). The summed E-state index contributed by atoms with van der Waals surface area (Å²) in [5, 5.41) is 0.573. The molecule has 0 spiro atoms. The fourth-order valence-corrected chi connectivity index (χ4v) is 2.10. The van der Waals surface area contributed by atoms with Crippen molar-refractivity contribution in [1.29, 1.82) is 0 Å². The first kappa shape index (κ1) is 12.1. The minimum atomic E-state index is -2.26. The molecule has 80 valence electrons. The third kappa shape index (κ3) is 3.58. The molecule has 2 nitrogen and oxygen atoms in total. The Morgan fingerprint density at radius 2 is 1.80 bits per heavy atom. The Balaban J connectivity index is 3.12. The summed E-state index contributed by atoms with van der Waals surface area (Å²) in [5.41, 5.74) is 0.678. The van der Waals surface area contributed by atoms with E-state index in [2.05, 4.69) is 0 Å². The second-order valence-electron chi connectivity index (χ2n) is 4.46. The molecule has 0 aromatic heterocycles. The van der Waals surface area contributed by atoms with Gasteiger partial charge in [0.1, 0.15) is 0 Å². The van der Waals surface area contributed by atoms with Gasteiger partial charge in [-0.15, -0.1) is 0 Å². The lowest BCUT2D eigenvalue weighted by molar-refractivity contribution is 0.476. The van der Waals surface area contributed by atoms with Gasteiger partial charge in [0.2, 0.25) is 5.31 Å². The van der Waals surface area contributed by atoms with Gasteiger partial charge in [-0.05, 0) is 16.2 Å². The van der Waals surface area contributed by atoms with Crippen LogP contribution in [0.2, 0.25) is 0 Å². The molecule has 0 aliphatic carbocycles. The summed E-state index contributed by atoms with van der Waals surface area (Å²) in [6.45, 7) is 5.81. The van der Waals surface area contributed by atoms with Crippen molar-refractivity contribution in [2.45, 2.75) is 20.8 Å². The minimum absolute atomic E-state index is 0.280. The number of allylic oxidation sites excluding steroid dienone is 1. The molecule has 3 heteroatoms. The zero-order chi connectivity index (χ0) is 11.5. The smallest absolute Gasteiger partial charge is 0.156 e. The first-order chi connectivity index (χ1) is 6.91. The largest absolute Gasteiger partial charge is 0.542 e. The number of hydrogen-bond donors (Lipinski definition) is 1. The monoisotopic (exact) mass is 223 g/mol. The van der Waals surface area contributed by atoms with Crippen molar-refractivity contribution in [3.05, 3.63) is 41.2 Å². The average Bonchev–Trinajstić information content (AvgIpc) is 2.13. The molecule has 0 aliphatic heterocycles. The molecule has 1 N–H and O–H groups in total. The van der Waals surface area contributed by atoms with Gasteiger partial charge in [-0.3, -0.25) is 0 Å². The zero-order valence-corrected chi connectivity index (χ0v) is 10.2. The highest BCUT2D eigenvalue weighted by molar-refractivity contribution is 7.43. The van der Waals surface area contributed by atoms with Crippen LogP contribution in [0, 0.1) is 5.41 Å². The van der Waals surface area contributed by atoms with Crippen LogP contribution in [0.4, 0.5) is 0 Å². The van der Waals surface area contributed by atoms with E-state index in [9.17, 15) is 9.46 Å². The first-order valence-corrected chi connectivity index (χ1v) is 6.06. The lowest BCUT2D eigenvalue weighted by atomic mass is 9.94. The first-order valence-electron chi connectivity index (χ1n) is 4.84. The molecular weight excluding hydrogens is 207 g/mol. The standard InChI is InChI=1S/C12H15O2P/c1-12(2,3)11(15(13)14)9-10-7-5-4-6-8-10/h4-9H,1-3H3/p+1/b11-9+. The third-order valence-corrected chi connectivity index (χ3v) is 3.29. The van der Waals surface area contributed by atoms with Crippen LogP contribution in [0.5, 0.6) is 0 Å². The zero-order valence-electron chi connectivity index (χ0n) is 9.27. The van der Waals surface area contributed by atoms with E-state index in [1.807, 2.05) is 51.1 Å². The van der Waals surface area contributed by atoms with E-state index in [4.69, 9.17) is 0 Å². The highest BCUT2D eigenvalue weighted by atomic mass is 31.1. The Labute approximate surface area is 91.5 Å². The Hall–Kier alpha value is -0.980. The van der Waals surface area contributed by atoms with E-state index in [-0.39, 0.29) is 5.41 Å². The van der Waals surface area contributed by atoms with Crippen molar-refractivity contribution >= 4 is 14.1 Å². The summed E-state index contributed by atoms with van der Waals surface area (Å²) in [5.74, 6) is 0. The molecule has 0 aliphatic rings. The van der Waals surface area contributed by atoms with E-state index in [0.717, 1.165) is 5.56 Å². The van der Waals surface area contributed by atoms with E-state index >= 15 is 0 Å². The second kappa shape index (κ2) is 4.69. The number of hydrogen-bond acceptors (Lipinski definition) is 1. The summed E-state index contributed by atoms with van der Waals surface area (Å²) in [7, 11) is -2.26. The van der Waals surface area contributed by atoms with Gasteiger partial charge in [0, 0.05) is 5.41 Å². The van der Waals surface area contributed by atoms with Crippen LogP contribution >= 0.6 is 8.03 Å². The van der Waals surface area contributed by atoms with Crippen LogP contribution in [-0.4, -0.2) is 4.89 Å². The molecule has 1 aromatic carbocycles. The maximum absolute atomic E-state index is 11.2. The normalized spacial score (nSPS) is 13.9. The Kier molecular flexibility index (Phi) is 3.78. The lowest BCUT2D eigenvalue weighted by Crippen LogP contribution is -2.06. The highest BCUT2D eigenvalue weighted by Gasteiger charge is 2.33. The van der Waals surface area contributed by atoms with Gasteiger partial charge in [0.05, 0.1) is 0 Å². The predicted molar refractivity (Wildman–Crippen MR) is 63.7 cm³/mol. The van der Waals surface area contributed by atoms with Gasteiger partial charge in [-0.2, -0.15) is 4.89 Å². The maximum atomic E-state index is 11.2. The second-order valence-corrected chi connectivity index (χ2v) is 5.49. The van der Waals surface area contributed by atoms with Crippen LogP contribution in [0.3, 0.4) is 0 Å². The van der Waals surface area contributed by atoms with Gasteiger partial charge in [0.25, 0.3) is 0 Å². The molecule has 0 heterocycles. The number of benzene rings is 1. The van der Waals surface area contributed by atoms with Crippen molar-refractivity contribution < 1.29 is 9.46 Å². The van der Waals surface area contributed by atoms with Gasteiger partial charge >= 0.3 is 8.03 Å². The molecule has 15 heavy (non-hydrogen) atoms. The maximum Gasteiger partial charge on any atom is 0.542 e. The quantitative estimate of drug-likeness (QED) is 0.774. The van der Waals surface area contributed by atoms with Gasteiger partial charge in [0.15, 0.2) is 0 Å². The van der Waals surface area contributed by atoms with E-state index in [1.54, 1.807) is 6.08 Å². The van der Waals surface area contributed by atoms with Gasteiger partial charge in [-0.1, -0.05) is 51.1 Å². The predicted octanol–water partition coefficient (Wildman–Crippen LogP) is 3.81. The summed E-state index contributed by atoms with van der Waals surface area (Å²) in [6, 6.07) is 9.59. The van der Waals surface area contributed by atoms with Crippen molar-refractivity contribution in [3.8, 4) is 0 Å². The average molecular weight is 223 g/mol. The van der Waals surface area contributed by atoms with Crippen LogP contribution < -0.4 is 0 Å². The van der Waals surface area contributed by atoms with Crippen molar-refractivity contribution in [2.75, 3.05) is 0 Å². The highest BCUT2D eigenvalue weighted by Crippen LogP contribution is 2.42. The SMILES string of the molecule is CC(C)(C)/C(=C\c1ccccc1)[P+](=O)O. The van der Waals surface area contributed by atoms with Crippen LogP contribution in [0.25, 0.3) is 6.08 Å². The summed E-state index contributed by atoms with van der Waals surface area (Å²) < 4.78 is 11.2. The van der Waals surface area contributed by atoms with Crippen LogP contribution in [-0.2, 0) is 4.57 Å². The molecule has 0 saturated heterocycles. The van der Waals surface area contributed by atoms with E-state index in [0.29, 0.717) is 5.31 Å². The molecular formula is C12H16O2P+. The molecule has 0 amide bonds. The summed E-state index contributed by atoms with van der Waals surface area (Å²) >= 11 is 0. The summed E-state index contributed by atoms with van der Waals surface area (Å²) in [4.78, 5) is 9.25. The molecule has 1 unspecified atom stereocenters. The summed E-state index contributed by atoms with van der Waals surface area (Å²) in [6.07, 6.45) is 1.79. The van der Waals surface area contributed by atoms with Crippen molar-refractivity contribution in [3.63, 3.8) is 0 Å². The molecule has 0 radical (unpaired) electrons. The number of rotatable bonds is 2. The van der Waals surface area contributed by atoms with E-state index < -0.39 is 8.03 Å². The molecule has 0 saturated carbocycles. The van der Waals surface area contributed by atoms with Crippen LogP contribution in [0.1, 0.15) is 26.3 Å². The minimum Gasteiger partial charge on any atom is -0.156 e. The Morgan fingerprint density at radius 1 is 1.27 bits per heavy atom. The van der Waals surface area contributed by atoms with Crippen molar-refractivity contribution in [1.82, 2.24) is 0 Å². The van der Waals surface area contributed by atoms with Crippen molar-refractivity contribution in [2.24, 2.45) is 5.41 Å². The Morgan fingerprint density at radius 3 is 2.20 bits per heavy atom. The molecule has 0 bridgehead atoms. The van der Waals surface area contributed by atoms with Gasteiger partial charge < -0.3 is 0 Å². The molecule has 1 atom stereocenters. The fraction of sp³-hybridized carbons (Fsp3) is 0.333.